The summed E-state index contributed by atoms with van der Waals surface area (Å²) >= 11 is 1.67. The SMILES string of the molecule is CC(C)(C(=O)CCc1ccsc1)c1ccc(N)cc1. The molecule has 19 heavy (non-hydrogen) atoms. The molecule has 1 heterocycles. The molecule has 0 spiro atoms. The fourth-order valence-electron chi connectivity index (χ4n) is 2.07. The van der Waals surface area contributed by atoms with Crippen molar-refractivity contribution < 1.29 is 4.79 Å². The van der Waals surface area contributed by atoms with Gasteiger partial charge in [-0.25, -0.2) is 0 Å². The number of Topliss-reactive ketones (excluding diaryl/α,β-unsaturated/α-hetero) is 1. The average molecular weight is 273 g/mol. The highest BCUT2D eigenvalue weighted by atomic mass is 32.1. The van der Waals surface area contributed by atoms with Gasteiger partial charge in [0.05, 0.1) is 0 Å². The molecule has 0 radical (unpaired) electrons. The highest BCUT2D eigenvalue weighted by Crippen LogP contribution is 2.27. The summed E-state index contributed by atoms with van der Waals surface area (Å²) in [7, 11) is 0. The molecule has 0 saturated heterocycles. The van der Waals surface area contributed by atoms with Crippen LogP contribution in [0.25, 0.3) is 0 Å². The molecule has 1 aromatic heterocycles. The maximum atomic E-state index is 12.4. The van der Waals surface area contributed by atoms with Gasteiger partial charge >= 0.3 is 0 Å². The Bertz CT molecular complexity index is 541. The van der Waals surface area contributed by atoms with Crippen LogP contribution in [0, 0.1) is 0 Å². The van der Waals surface area contributed by atoms with Gasteiger partial charge in [0, 0.05) is 17.5 Å². The highest BCUT2D eigenvalue weighted by Gasteiger charge is 2.28. The third-order valence-electron chi connectivity index (χ3n) is 3.55. The Morgan fingerprint density at radius 3 is 2.47 bits per heavy atom. The van der Waals surface area contributed by atoms with E-state index >= 15 is 0 Å². The minimum absolute atomic E-state index is 0.267. The summed E-state index contributed by atoms with van der Waals surface area (Å²) in [6.45, 7) is 3.96. The molecule has 0 aliphatic carbocycles. The van der Waals surface area contributed by atoms with Crippen molar-refractivity contribution in [2.24, 2.45) is 0 Å². The van der Waals surface area contributed by atoms with Crippen molar-refractivity contribution in [3.8, 4) is 0 Å². The van der Waals surface area contributed by atoms with Crippen molar-refractivity contribution in [2.45, 2.75) is 32.1 Å². The molecular weight excluding hydrogens is 254 g/mol. The van der Waals surface area contributed by atoms with E-state index in [9.17, 15) is 4.79 Å². The first-order valence-electron chi connectivity index (χ1n) is 6.40. The summed E-state index contributed by atoms with van der Waals surface area (Å²) in [4.78, 5) is 12.4. The van der Waals surface area contributed by atoms with Crippen LogP contribution < -0.4 is 5.73 Å². The molecule has 2 N–H and O–H groups in total. The minimum atomic E-state index is -0.455. The first-order valence-corrected chi connectivity index (χ1v) is 7.35. The fourth-order valence-corrected chi connectivity index (χ4v) is 2.77. The van der Waals surface area contributed by atoms with Gasteiger partial charge in [-0.05, 0) is 60.4 Å². The zero-order valence-corrected chi connectivity index (χ0v) is 12.2. The number of hydrogen-bond donors (Lipinski definition) is 1. The number of ketones is 1. The molecule has 0 bridgehead atoms. The second-order valence-corrected chi connectivity index (χ2v) is 6.08. The van der Waals surface area contributed by atoms with Gasteiger partial charge in [0.25, 0.3) is 0 Å². The Balaban J connectivity index is 2.06. The number of benzene rings is 1. The lowest BCUT2D eigenvalue weighted by Gasteiger charge is -2.23. The van der Waals surface area contributed by atoms with Gasteiger partial charge in [0.1, 0.15) is 5.78 Å². The fraction of sp³-hybridized carbons (Fsp3) is 0.312. The minimum Gasteiger partial charge on any atom is -0.399 e. The summed E-state index contributed by atoms with van der Waals surface area (Å²) < 4.78 is 0. The van der Waals surface area contributed by atoms with Crippen molar-refractivity contribution in [1.82, 2.24) is 0 Å². The molecule has 100 valence electrons. The van der Waals surface area contributed by atoms with Crippen molar-refractivity contribution in [3.05, 3.63) is 52.2 Å². The van der Waals surface area contributed by atoms with Crippen molar-refractivity contribution >= 4 is 22.8 Å². The smallest absolute Gasteiger partial charge is 0.143 e. The van der Waals surface area contributed by atoms with Crippen LogP contribution in [0.4, 0.5) is 5.69 Å². The standard InChI is InChI=1S/C16H19NOS/c1-16(2,13-4-6-14(17)7-5-13)15(18)8-3-12-9-10-19-11-12/h4-7,9-11H,3,8,17H2,1-2H3. The third kappa shape index (κ3) is 3.24. The van der Waals surface area contributed by atoms with Crippen molar-refractivity contribution in [1.29, 1.82) is 0 Å². The van der Waals surface area contributed by atoms with Crippen LogP contribution in [-0.2, 0) is 16.6 Å². The summed E-state index contributed by atoms with van der Waals surface area (Å²) in [5.41, 5.74) is 8.22. The molecule has 2 rings (SSSR count). The van der Waals surface area contributed by atoms with E-state index in [1.807, 2.05) is 43.5 Å². The van der Waals surface area contributed by atoms with E-state index in [-0.39, 0.29) is 5.78 Å². The number of anilines is 1. The van der Waals surface area contributed by atoms with Crippen LogP contribution in [0.2, 0.25) is 0 Å². The second kappa shape index (κ2) is 5.57. The molecule has 1 aromatic carbocycles. The monoisotopic (exact) mass is 273 g/mol. The third-order valence-corrected chi connectivity index (χ3v) is 4.28. The summed E-state index contributed by atoms with van der Waals surface area (Å²) in [5.74, 6) is 0.267. The zero-order valence-electron chi connectivity index (χ0n) is 11.3. The first kappa shape index (κ1) is 13.8. The van der Waals surface area contributed by atoms with Gasteiger partial charge in [0.2, 0.25) is 0 Å². The number of thiophene rings is 1. The van der Waals surface area contributed by atoms with Gasteiger partial charge < -0.3 is 5.73 Å². The lowest BCUT2D eigenvalue weighted by molar-refractivity contribution is -0.123. The number of nitrogen functional groups attached to an aromatic ring is 1. The van der Waals surface area contributed by atoms with E-state index in [2.05, 4.69) is 11.4 Å². The van der Waals surface area contributed by atoms with E-state index in [1.165, 1.54) is 5.56 Å². The van der Waals surface area contributed by atoms with Gasteiger partial charge in [-0.2, -0.15) is 11.3 Å². The molecule has 0 amide bonds. The first-order chi connectivity index (χ1) is 9.00. The maximum absolute atomic E-state index is 12.4. The summed E-state index contributed by atoms with van der Waals surface area (Å²) in [6.07, 6.45) is 1.40. The largest absolute Gasteiger partial charge is 0.399 e. The summed E-state index contributed by atoms with van der Waals surface area (Å²) in [6, 6.07) is 9.66. The quantitative estimate of drug-likeness (QED) is 0.842. The molecule has 0 aliphatic heterocycles. The molecule has 0 fully saturated rings. The predicted molar refractivity (Wildman–Crippen MR) is 81.5 cm³/mol. The van der Waals surface area contributed by atoms with Crippen molar-refractivity contribution in [2.75, 3.05) is 5.73 Å². The zero-order chi connectivity index (χ0) is 13.9. The van der Waals surface area contributed by atoms with E-state index < -0.39 is 5.41 Å². The number of hydrogen-bond acceptors (Lipinski definition) is 3. The topological polar surface area (TPSA) is 43.1 Å². The Morgan fingerprint density at radius 1 is 1.21 bits per heavy atom. The van der Waals surface area contributed by atoms with Crippen LogP contribution in [0.1, 0.15) is 31.4 Å². The Kier molecular flexibility index (Phi) is 4.05. The van der Waals surface area contributed by atoms with Crippen LogP contribution in [0.15, 0.2) is 41.1 Å². The lowest BCUT2D eigenvalue weighted by Crippen LogP contribution is -2.29. The Morgan fingerprint density at radius 2 is 1.89 bits per heavy atom. The van der Waals surface area contributed by atoms with Crippen LogP contribution >= 0.6 is 11.3 Å². The maximum Gasteiger partial charge on any atom is 0.143 e. The van der Waals surface area contributed by atoms with Crippen LogP contribution in [0.5, 0.6) is 0 Å². The van der Waals surface area contributed by atoms with Gasteiger partial charge in [-0.3, -0.25) is 4.79 Å². The average Bonchev–Trinajstić information content (AvgIpc) is 2.89. The normalized spacial score (nSPS) is 11.5. The number of carbonyl (C=O) groups is 1. The molecule has 3 heteroatoms. The summed E-state index contributed by atoms with van der Waals surface area (Å²) in [5, 5.41) is 4.15. The molecular formula is C16H19NOS. The molecule has 0 unspecified atom stereocenters. The predicted octanol–water partition coefficient (Wildman–Crippen LogP) is 3.81. The Labute approximate surface area is 118 Å². The van der Waals surface area contributed by atoms with Gasteiger partial charge in [-0.1, -0.05) is 12.1 Å². The number of rotatable bonds is 5. The van der Waals surface area contributed by atoms with Crippen LogP contribution in [0.3, 0.4) is 0 Å². The molecule has 0 saturated carbocycles. The van der Waals surface area contributed by atoms with E-state index in [0.29, 0.717) is 6.42 Å². The second-order valence-electron chi connectivity index (χ2n) is 5.30. The van der Waals surface area contributed by atoms with E-state index in [1.54, 1.807) is 11.3 Å². The molecule has 0 aliphatic rings. The number of carbonyl (C=O) groups excluding carboxylic acids is 1. The molecule has 2 aromatic rings. The Hall–Kier alpha value is -1.61. The van der Waals surface area contributed by atoms with Crippen LogP contribution in [-0.4, -0.2) is 5.78 Å². The molecule has 0 atom stereocenters. The van der Waals surface area contributed by atoms with Gasteiger partial charge in [0.15, 0.2) is 0 Å². The van der Waals surface area contributed by atoms with Gasteiger partial charge in [-0.15, -0.1) is 0 Å². The lowest BCUT2D eigenvalue weighted by atomic mass is 9.78. The van der Waals surface area contributed by atoms with Crippen molar-refractivity contribution in [3.63, 3.8) is 0 Å². The number of nitrogens with two attached hydrogens (primary N) is 1. The van der Waals surface area contributed by atoms with E-state index in [4.69, 9.17) is 5.73 Å². The number of aryl methyl sites for hydroxylation is 1. The highest BCUT2D eigenvalue weighted by molar-refractivity contribution is 7.07. The van der Waals surface area contributed by atoms with E-state index in [0.717, 1.165) is 17.7 Å². The molecule has 2 nitrogen and oxygen atoms in total.